The van der Waals surface area contributed by atoms with Gasteiger partial charge in [-0.25, -0.2) is 0 Å². The molecule has 2 aromatic rings. The van der Waals surface area contributed by atoms with Crippen molar-refractivity contribution < 1.29 is 4.79 Å². The topological polar surface area (TPSA) is 52.9 Å². The Morgan fingerprint density at radius 3 is 2.68 bits per heavy atom. The number of amides is 1. The number of carbonyl (C=O) groups excluding carboxylic acids is 1. The van der Waals surface area contributed by atoms with Crippen molar-refractivity contribution in [3.05, 3.63) is 53.0 Å². The fraction of sp³-hybridized carbons (Fsp3) is 0. The molecule has 0 aliphatic carbocycles. The van der Waals surface area contributed by atoms with Crippen LogP contribution in [0.15, 0.2) is 38.1 Å². The van der Waals surface area contributed by atoms with Gasteiger partial charge in [0.25, 0.3) is 5.91 Å². The molecule has 1 heterocycles. The maximum absolute atomic E-state index is 12.2. The van der Waals surface area contributed by atoms with Crippen LogP contribution in [0.3, 0.4) is 0 Å². The van der Waals surface area contributed by atoms with Crippen LogP contribution in [-0.4, -0.2) is 5.91 Å². The zero-order chi connectivity index (χ0) is 16.3. The summed E-state index contributed by atoms with van der Waals surface area (Å²) in [6.07, 6.45) is 1.51. The van der Waals surface area contributed by atoms with Crippen molar-refractivity contribution in [2.75, 3.05) is 5.32 Å². The van der Waals surface area contributed by atoms with E-state index in [2.05, 4.69) is 37.2 Å². The molecule has 0 saturated carbocycles. The molecule has 0 bridgehead atoms. The van der Waals surface area contributed by atoms with Gasteiger partial charge in [0.2, 0.25) is 0 Å². The minimum absolute atomic E-state index is 0.0303. The highest BCUT2D eigenvalue weighted by Crippen LogP contribution is 2.34. The van der Waals surface area contributed by atoms with Crippen LogP contribution in [0, 0.1) is 11.3 Å². The Labute approximate surface area is 157 Å². The molecule has 0 radical (unpaired) electrons. The minimum atomic E-state index is -0.549. The number of hydrogen-bond acceptors (Lipinski definition) is 3. The average molecular weight is 481 g/mol. The molecular formula is C14H6Br2Cl2N2OS. The molecule has 1 amide bonds. The lowest BCUT2D eigenvalue weighted by Gasteiger charge is -2.07. The first kappa shape index (κ1) is 17.5. The Kier molecular flexibility index (Phi) is 6.07. The van der Waals surface area contributed by atoms with Crippen LogP contribution < -0.4 is 5.32 Å². The molecule has 1 aromatic carbocycles. The van der Waals surface area contributed by atoms with Crippen molar-refractivity contribution in [2.45, 2.75) is 0 Å². The molecule has 3 nitrogen and oxygen atoms in total. The minimum Gasteiger partial charge on any atom is -0.320 e. The summed E-state index contributed by atoms with van der Waals surface area (Å²) in [5.41, 5.74) is 0.325. The molecular weight excluding hydrogens is 475 g/mol. The lowest BCUT2D eigenvalue weighted by atomic mass is 10.2. The third-order valence-electron chi connectivity index (χ3n) is 2.52. The van der Waals surface area contributed by atoms with Crippen LogP contribution in [0.4, 0.5) is 5.69 Å². The van der Waals surface area contributed by atoms with E-state index >= 15 is 0 Å². The Hall–Kier alpha value is -0.840. The molecule has 8 heteroatoms. The van der Waals surface area contributed by atoms with Gasteiger partial charge in [-0.15, -0.1) is 11.3 Å². The second-order valence-corrected chi connectivity index (χ2v) is 8.04. The monoisotopic (exact) mass is 478 g/mol. The molecule has 0 aliphatic heterocycles. The van der Waals surface area contributed by atoms with E-state index in [0.717, 1.165) is 13.1 Å². The summed E-state index contributed by atoms with van der Waals surface area (Å²) in [5.74, 6) is -0.549. The van der Waals surface area contributed by atoms with Crippen molar-refractivity contribution in [1.29, 1.82) is 5.26 Å². The average Bonchev–Trinajstić information content (AvgIpc) is 2.79. The number of hydrogen-bond donors (Lipinski definition) is 1. The largest absolute Gasteiger partial charge is 0.320 e. The zero-order valence-corrected chi connectivity index (χ0v) is 16.2. The number of nitrogens with one attached hydrogen (secondary N) is 1. The maximum Gasteiger partial charge on any atom is 0.266 e. The summed E-state index contributed by atoms with van der Waals surface area (Å²) in [6.45, 7) is 0. The molecule has 0 atom stereocenters. The Balaban J connectivity index is 2.26. The normalized spacial score (nSPS) is 11.1. The Bertz CT molecular complexity index is 792. The molecule has 22 heavy (non-hydrogen) atoms. The van der Waals surface area contributed by atoms with E-state index in [1.165, 1.54) is 17.4 Å². The van der Waals surface area contributed by atoms with E-state index < -0.39 is 5.91 Å². The highest BCUT2D eigenvalue weighted by molar-refractivity contribution is 9.13. The second kappa shape index (κ2) is 7.62. The number of carbonyl (C=O) groups is 1. The van der Waals surface area contributed by atoms with E-state index in [-0.39, 0.29) is 10.6 Å². The Morgan fingerprint density at radius 1 is 1.36 bits per heavy atom. The summed E-state index contributed by atoms with van der Waals surface area (Å²) < 4.78 is 1.74. The molecule has 2 rings (SSSR count). The summed E-state index contributed by atoms with van der Waals surface area (Å²) in [7, 11) is 0. The summed E-state index contributed by atoms with van der Waals surface area (Å²) >= 11 is 20.0. The van der Waals surface area contributed by atoms with Gasteiger partial charge in [-0.3, -0.25) is 4.79 Å². The van der Waals surface area contributed by atoms with Crippen molar-refractivity contribution in [2.24, 2.45) is 0 Å². The fourth-order valence-electron chi connectivity index (χ4n) is 1.52. The van der Waals surface area contributed by atoms with Crippen LogP contribution in [-0.2, 0) is 4.79 Å². The number of nitriles is 1. The predicted molar refractivity (Wildman–Crippen MR) is 98.4 cm³/mol. The quantitative estimate of drug-likeness (QED) is 0.424. The van der Waals surface area contributed by atoms with Gasteiger partial charge >= 0.3 is 0 Å². The standard InChI is InChI=1S/C14H6Br2Cl2N2OS/c15-9-5-8(22-13(9)16)4-7(6-19)14(21)20-11-3-1-2-10(17)12(11)18/h1-5H,(H,20,21)/b7-4-. The van der Waals surface area contributed by atoms with Crippen molar-refractivity contribution >= 4 is 84.1 Å². The molecule has 1 aromatic heterocycles. The molecule has 0 unspecified atom stereocenters. The molecule has 0 saturated heterocycles. The third kappa shape index (κ3) is 4.12. The van der Waals surface area contributed by atoms with Gasteiger partial charge < -0.3 is 5.32 Å². The lowest BCUT2D eigenvalue weighted by molar-refractivity contribution is -0.112. The zero-order valence-electron chi connectivity index (χ0n) is 10.7. The fourth-order valence-corrected chi connectivity index (χ4v) is 3.90. The number of benzene rings is 1. The first-order valence-corrected chi connectivity index (χ1v) is 8.90. The summed E-state index contributed by atoms with van der Waals surface area (Å²) in [5, 5.41) is 12.3. The van der Waals surface area contributed by atoms with Crippen LogP contribution in [0.5, 0.6) is 0 Å². The van der Waals surface area contributed by atoms with E-state index in [1.54, 1.807) is 18.2 Å². The first-order valence-electron chi connectivity index (χ1n) is 5.74. The van der Waals surface area contributed by atoms with Gasteiger partial charge in [-0.2, -0.15) is 5.26 Å². The lowest BCUT2D eigenvalue weighted by Crippen LogP contribution is -2.13. The third-order valence-corrected chi connectivity index (χ3v) is 6.54. The SMILES string of the molecule is N#C/C(=C/c1cc(Br)c(Br)s1)C(=O)Nc1cccc(Cl)c1Cl. The predicted octanol–water partition coefficient (Wildman–Crippen LogP) is 6.13. The Morgan fingerprint density at radius 2 is 2.09 bits per heavy atom. The number of thiophene rings is 1. The van der Waals surface area contributed by atoms with Crippen LogP contribution >= 0.6 is 66.4 Å². The van der Waals surface area contributed by atoms with E-state index in [9.17, 15) is 10.1 Å². The summed E-state index contributed by atoms with van der Waals surface area (Å²) in [4.78, 5) is 12.9. The van der Waals surface area contributed by atoms with Gasteiger partial charge in [0.05, 0.1) is 19.5 Å². The smallest absolute Gasteiger partial charge is 0.266 e. The van der Waals surface area contributed by atoms with Crippen LogP contribution in [0.1, 0.15) is 4.88 Å². The van der Waals surface area contributed by atoms with Gasteiger partial charge in [-0.1, -0.05) is 29.3 Å². The van der Waals surface area contributed by atoms with Gasteiger partial charge in [0, 0.05) is 9.35 Å². The first-order chi connectivity index (χ1) is 10.4. The van der Waals surface area contributed by atoms with E-state index in [1.807, 2.05) is 12.1 Å². The van der Waals surface area contributed by atoms with Crippen molar-refractivity contribution in [3.8, 4) is 6.07 Å². The van der Waals surface area contributed by atoms with Gasteiger partial charge in [-0.05, 0) is 56.1 Å². The molecule has 0 fully saturated rings. The molecule has 0 spiro atoms. The maximum atomic E-state index is 12.2. The van der Waals surface area contributed by atoms with E-state index in [0.29, 0.717) is 10.7 Å². The number of anilines is 1. The van der Waals surface area contributed by atoms with Gasteiger partial charge in [0.1, 0.15) is 11.6 Å². The highest BCUT2D eigenvalue weighted by Gasteiger charge is 2.13. The van der Waals surface area contributed by atoms with Crippen LogP contribution in [0.25, 0.3) is 6.08 Å². The highest BCUT2D eigenvalue weighted by atomic mass is 79.9. The molecule has 0 aliphatic rings. The number of halogens is 4. The van der Waals surface area contributed by atoms with Crippen molar-refractivity contribution in [1.82, 2.24) is 0 Å². The summed E-state index contributed by atoms with van der Waals surface area (Å²) in [6, 6.07) is 8.58. The second-order valence-electron chi connectivity index (χ2n) is 4.00. The van der Waals surface area contributed by atoms with Gasteiger partial charge in [0.15, 0.2) is 0 Å². The molecule has 1 N–H and O–H groups in total. The van der Waals surface area contributed by atoms with Crippen LogP contribution in [0.2, 0.25) is 10.0 Å². The molecule has 112 valence electrons. The van der Waals surface area contributed by atoms with E-state index in [4.69, 9.17) is 23.2 Å². The van der Waals surface area contributed by atoms with Crippen molar-refractivity contribution in [3.63, 3.8) is 0 Å². The number of rotatable bonds is 3. The number of nitrogens with zero attached hydrogens (tertiary/aromatic N) is 1.